The lowest BCUT2D eigenvalue weighted by Gasteiger charge is -2.16. The van der Waals surface area contributed by atoms with Gasteiger partial charge in [-0.05, 0) is 11.6 Å². The van der Waals surface area contributed by atoms with Gasteiger partial charge in [0.05, 0.1) is 31.5 Å². The van der Waals surface area contributed by atoms with E-state index in [2.05, 4.69) is 6.58 Å². The predicted octanol–water partition coefficient (Wildman–Crippen LogP) is 3.64. The summed E-state index contributed by atoms with van der Waals surface area (Å²) in [7, 11) is 3.18. The van der Waals surface area contributed by atoms with E-state index in [0.29, 0.717) is 42.8 Å². The van der Waals surface area contributed by atoms with Crippen LogP contribution in [0.1, 0.15) is 5.56 Å². The van der Waals surface area contributed by atoms with Crippen molar-refractivity contribution in [2.45, 2.75) is 0 Å². The molecule has 6 nitrogen and oxygen atoms in total. The van der Waals surface area contributed by atoms with Crippen LogP contribution in [0.15, 0.2) is 12.6 Å². The SMILES string of the molecule is C=Cc1cc(OCOCCOC)c(OCOCCOC)c(Cl)c1Cl. The average Bonchev–Trinajstić information content (AvgIpc) is 2.59. The summed E-state index contributed by atoms with van der Waals surface area (Å²) in [6, 6.07) is 1.67. The zero-order chi connectivity index (χ0) is 17.8. The fraction of sp³-hybridized carbons (Fsp3) is 0.500. The molecule has 0 amide bonds. The molecule has 0 aromatic heterocycles. The summed E-state index contributed by atoms with van der Waals surface area (Å²) in [5.41, 5.74) is 0.626. The van der Waals surface area contributed by atoms with Crippen molar-refractivity contribution in [3.63, 3.8) is 0 Å². The molecule has 0 fully saturated rings. The highest BCUT2D eigenvalue weighted by Crippen LogP contribution is 2.42. The van der Waals surface area contributed by atoms with Crippen molar-refractivity contribution in [1.82, 2.24) is 0 Å². The minimum absolute atomic E-state index is 0.0127. The van der Waals surface area contributed by atoms with E-state index in [-0.39, 0.29) is 24.4 Å². The Kier molecular flexibility index (Phi) is 10.8. The van der Waals surface area contributed by atoms with Crippen molar-refractivity contribution in [3.8, 4) is 11.5 Å². The van der Waals surface area contributed by atoms with Crippen LogP contribution in [0.5, 0.6) is 11.5 Å². The Bertz CT molecular complexity index is 510. The van der Waals surface area contributed by atoms with Gasteiger partial charge in [0, 0.05) is 14.2 Å². The number of hydrogen-bond donors (Lipinski definition) is 0. The first-order valence-corrected chi connectivity index (χ1v) is 7.94. The van der Waals surface area contributed by atoms with Gasteiger partial charge in [-0.2, -0.15) is 0 Å². The van der Waals surface area contributed by atoms with Gasteiger partial charge in [-0.25, -0.2) is 0 Å². The molecule has 0 heterocycles. The first-order valence-electron chi connectivity index (χ1n) is 7.19. The minimum atomic E-state index is -0.0201. The van der Waals surface area contributed by atoms with Gasteiger partial charge in [-0.15, -0.1) is 0 Å². The molecule has 8 heteroatoms. The third kappa shape index (κ3) is 6.84. The lowest BCUT2D eigenvalue weighted by atomic mass is 10.2. The zero-order valence-corrected chi connectivity index (χ0v) is 15.3. The Morgan fingerprint density at radius 1 is 0.917 bits per heavy atom. The summed E-state index contributed by atoms with van der Waals surface area (Å²) in [4.78, 5) is 0. The number of rotatable bonds is 13. The van der Waals surface area contributed by atoms with Crippen LogP contribution in [0.2, 0.25) is 10.0 Å². The third-order valence-corrected chi connectivity index (χ3v) is 3.69. The van der Waals surface area contributed by atoms with Crippen molar-refractivity contribution in [2.24, 2.45) is 0 Å². The minimum Gasteiger partial charge on any atom is -0.464 e. The fourth-order valence-corrected chi connectivity index (χ4v) is 2.08. The summed E-state index contributed by atoms with van der Waals surface area (Å²) in [6.07, 6.45) is 1.58. The second-order valence-corrected chi connectivity index (χ2v) is 5.21. The van der Waals surface area contributed by atoms with Crippen molar-refractivity contribution in [3.05, 3.63) is 28.3 Å². The van der Waals surface area contributed by atoms with Crippen LogP contribution < -0.4 is 9.47 Å². The Labute approximate surface area is 152 Å². The molecule has 0 aliphatic carbocycles. The summed E-state index contributed by atoms with van der Waals surface area (Å²) in [5, 5.41) is 0.544. The quantitative estimate of drug-likeness (QED) is 0.384. The van der Waals surface area contributed by atoms with E-state index in [4.69, 9.17) is 51.6 Å². The van der Waals surface area contributed by atoms with Gasteiger partial charge in [0.2, 0.25) is 0 Å². The number of halogens is 2. The Hall–Kier alpha value is -1.02. The summed E-state index contributed by atoms with van der Waals surface area (Å²) in [6.45, 7) is 5.42. The molecule has 24 heavy (non-hydrogen) atoms. The van der Waals surface area contributed by atoms with E-state index in [1.165, 1.54) is 0 Å². The van der Waals surface area contributed by atoms with Crippen LogP contribution in [0.25, 0.3) is 6.08 Å². The number of hydrogen-bond acceptors (Lipinski definition) is 6. The van der Waals surface area contributed by atoms with Gasteiger partial charge in [0.1, 0.15) is 5.02 Å². The Morgan fingerprint density at radius 2 is 1.50 bits per heavy atom. The molecule has 0 aliphatic heterocycles. The third-order valence-electron chi connectivity index (χ3n) is 2.82. The van der Waals surface area contributed by atoms with E-state index >= 15 is 0 Å². The second-order valence-electron chi connectivity index (χ2n) is 4.45. The van der Waals surface area contributed by atoms with Crippen LogP contribution in [-0.4, -0.2) is 54.2 Å². The van der Waals surface area contributed by atoms with Gasteiger partial charge in [0.15, 0.2) is 25.1 Å². The molecule has 0 bridgehead atoms. The summed E-state index contributed by atoms with van der Waals surface area (Å²) in [5.74, 6) is 0.659. The Balaban J connectivity index is 2.76. The van der Waals surface area contributed by atoms with Gasteiger partial charge < -0.3 is 28.4 Å². The van der Waals surface area contributed by atoms with Crippen molar-refractivity contribution in [1.29, 1.82) is 0 Å². The highest BCUT2D eigenvalue weighted by molar-refractivity contribution is 6.44. The molecule has 0 atom stereocenters. The lowest BCUT2D eigenvalue weighted by Crippen LogP contribution is -2.11. The average molecular weight is 381 g/mol. The van der Waals surface area contributed by atoms with E-state index in [9.17, 15) is 0 Å². The first-order chi connectivity index (χ1) is 11.7. The number of benzene rings is 1. The molecule has 1 aromatic carbocycles. The molecule has 0 spiro atoms. The van der Waals surface area contributed by atoms with E-state index in [1.807, 2.05) is 0 Å². The maximum Gasteiger partial charge on any atom is 0.189 e. The van der Waals surface area contributed by atoms with Crippen LogP contribution >= 0.6 is 23.2 Å². The van der Waals surface area contributed by atoms with Gasteiger partial charge in [-0.1, -0.05) is 35.9 Å². The molecule has 0 saturated carbocycles. The molecule has 0 unspecified atom stereocenters. The summed E-state index contributed by atoms with van der Waals surface area (Å²) < 4.78 is 31.4. The summed E-state index contributed by atoms with van der Waals surface area (Å²) >= 11 is 12.4. The molecular formula is C16H22Cl2O6. The molecule has 1 aromatic rings. The van der Waals surface area contributed by atoms with Gasteiger partial charge in [-0.3, -0.25) is 0 Å². The highest BCUT2D eigenvalue weighted by atomic mass is 35.5. The lowest BCUT2D eigenvalue weighted by molar-refractivity contribution is -0.0206. The van der Waals surface area contributed by atoms with E-state index in [1.54, 1.807) is 26.4 Å². The smallest absolute Gasteiger partial charge is 0.189 e. The zero-order valence-electron chi connectivity index (χ0n) is 13.8. The van der Waals surface area contributed by atoms with Crippen LogP contribution in [-0.2, 0) is 18.9 Å². The molecule has 0 radical (unpaired) electrons. The van der Waals surface area contributed by atoms with Gasteiger partial charge in [0.25, 0.3) is 0 Å². The van der Waals surface area contributed by atoms with Crippen molar-refractivity contribution < 1.29 is 28.4 Å². The van der Waals surface area contributed by atoms with E-state index < -0.39 is 0 Å². The second kappa shape index (κ2) is 12.4. The standard InChI is InChI=1S/C16H22Cl2O6/c1-4-12-9-13(23-10-21-7-5-19-2)16(15(18)14(12)17)24-11-22-8-6-20-3/h4,9H,1,5-8,10-11H2,2-3H3. The number of ether oxygens (including phenoxy) is 6. The monoisotopic (exact) mass is 380 g/mol. The molecule has 136 valence electrons. The normalized spacial score (nSPS) is 10.7. The molecule has 0 N–H and O–H groups in total. The maximum atomic E-state index is 6.26. The maximum absolute atomic E-state index is 6.26. The molecular weight excluding hydrogens is 359 g/mol. The largest absolute Gasteiger partial charge is 0.464 e. The number of methoxy groups -OCH3 is 2. The Morgan fingerprint density at radius 3 is 2.04 bits per heavy atom. The van der Waals surface area contributed by atoms with Crippen molar-refractivity contribution in [2.75, 3.05) is 54.2 Å². The fourth-order valence-electron chi connectivity index (χ4n) is 1.60. The molecule has 1 rings (SSSR count). The predicted molar refractivity (Wildman–Crippen MR) is 93.2 cm³/mol. The topological polar surface area (TPSA) is 55.4 Å². The van der Waals surface area contributed by atoms with Gasteiger partial charge >= 0.3 is 0 Å². The van der Waals surface area contributed by atoms with Crippen LogP contribution in [0, 0.1) is 0 Å². The highest BCUT2D eigenvalue weighted by Gasteiger charge is 2.17. The molecule has 0 saturated heterocycles. The van der Waals surface area contributed by atoms with Crippen LogP contribution in [0.4, 0.5) is 0 Å². The first kappa shape index (κ1) is 21.0. The van der Waals surface area contributed by atoms with Crippen molar-refractivity contribution >= 4 is 29.3 Å². The molecule has 0 aliphatic rings. The van der Waals surface area contributed by atoms with Crippen LogP contribution in [0.3, 0.4) is 0 Å². The van der Waals surface area contributed by atoms with E-state index in [0.717, 1.165) is 0 Å².